The van der Waals surface area contributed by atoms with Gasteiger partial charge in [0.25, 0.3) is 0 Å². The summed E-state index contributed by atoms with van der Waals surface area (Å²) in [4.78, 5) is 15.4. The Bertz CT molecular complexity index is 996. The molecule has 0 amide bonds. The van der Waals surface area contributed by atoms with Crippen LogP contribution in [0.15, 0.2) is 54.7 Å². The van der Waals surface area contributed by atoms with Gasteiger partial charge in [-0.25, -0.2) is 9.07 Å². The number of carbonyl (C=O) groups excluding carboxylic acids is 1. The second kappa shape index (κ2) is 7.56. The number of rotatable bonds is 4. The van der Waals surface area contributed by atoms with Crippen molar-refractivity contribution in [3.63, 3.8) is 0 Å². The quantitative estimate of drug-likeness (QED) is 0.704. The molecule has 1 aliphatic rings. The number of anilines is 1. The molecule has 0 bridgehead atoms. The van der Waals surface area contributed by atoms with Gasteiger partial charge in [-0.1, -0.05) is 18.2 Å². The maximum absolute atomic E-state index is 13.2. The number of hydrogen-bond donors (Lipinski definition) is 1. The van der Waals surface area contributed by atoms with E-state index in [2.05, 4.69) is 23.1 Å². The number of nitrogen functional groups attached to an aromatic ring is 1. The van der Waals surface area contributed by atoms with Crippen molar-refractivity contribution in [2.75, 3.05) is 25.9 Å². The maximum Gasteiger partial charge on any atom is 0.198 e. The first-order chi connectivity index (χ1) is 13.5. The number of piperidine rings is 1. The van der Waals surface area contributed by atoms with Crippen LogP contribution in [0.3, 0.4) is 0 Å². The van der Waals surface area contributed by atoms with Crippen molar-refractivity contribution in [1.82, 2.24) is 14.7 Å². The molecular weight excluding hydrogens is 355 g/mol. The second-order valence-corrected chi connectivity index (χ2v) is 7.39. The van der Waals surface area contributed by atoms with Gasteiger partial charge in [0.05, 0.1) is 17.4 Å². The average Bonchev–Trinajstić information content (AvgIpc) is 3.09. The van der Waals surface area contributed by atoms with Gasteiger partial charge < -0.3 is 10.6 Å². The Morgan fingerprint density at radius 2 is 2.00 bits per heavy atom. The highest BCUT2D eigenvalue weighted by atomic mass is 19.1. The number of nitrogens with zero attached hydrogens (tertiary/aromatic N) is 3. The summed E-state index contributed by atoms with van der Waals surface area (Å²) in [5.74, 6) is 0.193. The fourth-order valence-corrected chi connectivity index (χ4v) is 3.85. The lowest BCUT2D eigenvalue weighted by Crippen LogP contribution is -2.30. The zero-order valence-electron chi connectivity index (χ0n) is 15.8. The molecule has 1 aromatic heterocycles. The molecule has 3 aromatic rings. The van der Waals surface area contributed by atoms with Crippen LogP contribution in [-0.2, 0) is 0 Å². The van der Waals surface area contributed by atoms with Crippen molar-refractivity contribution in [3.8, 4) is 5.69 Å². The summed E-state index contributed by atoms with van der Waals surface area (Å²) >= 11 is 0. The Morgan fingerprint density at radius 1 is 1.21 bits per heavy atom. The number of likely N-dealkylation sites (tertiary alicyclic amines) is 1. The predicted octanol–water partition coefficient (Wildman–Crippen LogP) is 3.63. The number of likely N-dealkylation sites (N-methyl/N-ethyl adjacent to an activating group) is 1. The third kappa shape index (κ3) is 3.55. The monoisotopic (exact) mass is 378 g/mol. The molecule has 2 aromatic carbocycles. The molecule has 1 aliphatic heterocycles. The van der Waals surface area contributed by atoms with E-state index >= 15 is 0 Å². The van der Waals surface area contributed by atoms with E-state index in [-0.39, 0.29) is 17.4 Å². The number of halogens is 1. The van der Waals surface area contributed by atoms with Crippen molar-refractivity contribution in [2.45, 2.75) is 18.8 Å². The van der Waals surface area contributed by atoms with E-state index in [1.165, 1.54) is 28.6 Å². The first kappa shape index (κ1) is 18.4. The molecule has 0 aliphatic carbocycles. The van der Waals surface area contributed by atoms with E-state index in [4.69, 9.17) is 5.73 Å². The summed E-state index contributed by atoms with van der Waals surface area (Å²) in [6, 6.07) is 13.6. The van der Waals surface area contributed by atoms with Crippen molar-refractivity contribution < 1.29 is 9.18 Å². The van der Waals surface area contributed by atoms with Gasteiger partial charge in [-0.15, -0.1) is 0 Å². The molecule has 1 fully saturated rings. The van der Waals surface area contributed by atoms with Crippen molar-refractivity contribution in [1.29, 1.82) is 0 Å². The zero-order valence-corrected chi connectivity index (χ0v) is 15.8. The van der Waals surface area contributed by atoms with E-state index in [0.717, 1.165) is 25.9 Å². The van der Waals surface area contributed by atoms with Crippen LogP contribution in [0.5, 0.6) is 0 Å². The van der Waals surface area contributed by atoms with Crippen molar-refractivity contribution in [2.24, 2.45) is 0 Å². The van der Waals surface area contributed by atoms with Crippen LogP contribution < -0.4 is 5.73 Å². The molecule has 0 spiro atoms. The van der Waals surface area contributed by atoms with Crippen LogP contribution in [0.1, 0.15) is 40.2 Å². The molecule has 4 rings (SSSR count). The summed E-state index contributed by atoms with van der Waals surface area (Å²) in [7, 11) is 2.13. The van der Waals surface area contributed by atoms with Gasteiger partial charge in [-0.05, 0) is 68.2 Å². The molecule has 5 nitrogen and oxygen atoms in total. The van der Waals surface area contributed by atoms with Gasteiger partial charge in [-0.2, -0.15) is 5.10 Å². The lowest BCUT2D eigenvalue weighted by atomic mass is 9.89. The molecule has 1 atom stereocenters. The molecule has 1 saturated heterocycles. The highest BCUT2D eigenvalue weighted by molar-refractivity contribution is 6.11. The first-order valence-corrected chi connectivity index (χ1v) is 9.45. The van der Waals surface area contributed by atoms with Crippen molar-refractivity contribution >= 4 is 11.6 Å². The van der Waals surface area contributed by atoms with E-state index in [1.807, 2.05) is 18.2 Å². The van der Waals surface area contributed by atoms with E-state index < -0.39 is 0 Å². The van der Waals surface area contributed by atoms with Gasteiger partial charge in [0, 0.05) is 12.1 Å². The number of hydrogen-bond acceptors (Lipinski definition) is 4. The van der Waals surface area contributed by atoms with Gasteiger partial charge in [-0.3, -0.25) is 4.79 Å². The fraction of sp³-hybridized carbons (Fsp3) is 0.273. The van der Waals surface area contributed by atoms with Gasteiger partial charge in [0.15, 0.2) is 5.78 Å². The Hall–Kier alpha value is -2.99. The third-order valence-corrected chi connectivity index (χ3v) is 5.37. The van der Waals surface area contributed by atoms with Crippen LogP contribution in [0.4, 0.5) is 10.2 Å². The highest BCUT2D eigenvalue weighted by Crippen LogP contribution is 2.28. The van der Waals surface area contributed by atoms with Crippen LogP contribution in [0, 0.1) is 5.82 Å². The summed E-state index contributed by atoms with van der Waals surface area (Å²) in [6.07, 6.45) is 3.77. The number of nitrogens with two attached hydrogens (primary N) is 1. The Kier molecular flexibility index (Phi) is 4.96. The lowest BCUT2D eigenvalue weighted by molar-refractivity contribution is 0.103. The number of aromatic nitrogens is 2. The molecule has 6 heteroatoms. The SMILES string of the molecule is CN1CCCC(c2cccc(C(=O)c3cnn(-c4ccc(F)cc4)c3N)c2)C1. The minimum atomic E-state index is -0.337. The minimum absolute atomic E-state index is 0.156. The summed E-state index contributed by atoms with van der Waals surface area (Å²) in [6.45, 7) is 2.12. The number of ketones is 1. The molecule has 2 heterocycles. The number of benzene rings is 2. The maximum atomic E-state index is 13.2. The van der Waals surface area contributed by atoms with E-state index in [0.29, 0.717) is 22.7 Å². The zero-order chi connectivity index (χ0) is 19.7. The van der Waals surface area contributed by atoms with Crippen LogP contribution in [-0.4, -0.2) is 40.6 Å². The standard InChI is InChI=1S/C22H23FN4O/c1-26-11-3-6-17(14-26)15-4-2-5-16(12-15)21(28)20-13-25-27(22(20)24)19-9-7-18(23)8-10-19/h2,4-5,7-10,12-13,17H,3,6,11,14,24H2,1H3. The van der Waals surface area contributed by atoms with Gasteiger partial charge >= 0.3 is 0 Å². The summed E-state index contributed by atoms with van der Waals surface area (Å²) < 4.78 is 14.6. The molecular formula is C22H23FN4O. The first-order valence-electron chi connectivity index (χ1n) is 9.45. The minimum Gasteiger partial charge on any atom is -0.383 e. The summed E-state index contributed by atoms with van der Waals surface area (Å²) in [5.41, 5.74) is 8.94. The number of carbonyl (C=O) groups is 1. The molecule has 2 N–H and O–H groups in total. The molecule has 28 heavy (non-hydrogen) atoms. The van der Waals surface area contributed by atoms with Crippen LogP contribution >= 0.6 is 0 Å². The molecule has 0 radical (unpaired) electrons. The molecule has 0 saturated carbocycles. The fourth-order valence-electron chi connectivity index (χ4n) is 3.85. The van der Waals surface area contributed by atoms with E-state index in [9.17, 15) is 9.18 Å². The summed E-state index contributed by atoms with van der Waals surface area (Å²) in [5, 5.41) is 4.23. The smallest absolute Gasteiger partial charge is 0.198 e. The topological polar surface area (TPSA) is 64.2 Å². The van der Waals surface area contributed by atoms with Crippen LogP contribution in [0.25, 0.3) is 5.69 Å². The Labute approximate surface area is 163 Å². The predicted molar refractivity (Wildman–Crippen MR) is 107 cm³/mol. The Balaban J connectivity index is 1.62. The van der Waals surface area contributed by atoms with Gasteiger partial charge in [0.1, 0.15) is 11.6 Å². The molecule has 1 unspecified atom stereocenters. The average molecular weight is 378 g/mol. The van der Waals surface area contributed by atoms with E-state index in [1.54, 1.807) is 12.1 Å². The van der Waals surface area contributed by atoms with Gasteiger partial charge in [0.2, 0.25) is 0 Å². The normalized spacial score (nSPS) is 17.6. The highest BCUT2D eigenvalue weighted by Gasteiger charge is 2.22. The largest absolute Gasteiger partial charge is 0.383 e. The van der Waals surface area contributed by atoms with Crippen molar-refractivity contribution in [3.05, 3.63) is 77.2 Å². The van der Waals surface area contributed by atoms with Crippen LogP contribution in [0.2, 0.25) is 0 Å². The Morgan fingerprint density at radius 3 is 2.75 bits per heavy atom. The third-order valence-electron chi connectivity index (χ3n) is 5.37. The lowest BCUT2D eigenvalue weighted by Gasteiger charge is -2.30. The second-order valence-electron chi connectivity index (χ2n) is 7.39. The molecule has 144 valence electrons.